The SMILES string of the molecule is Cc1cn([C@@H](O[Si](C)(C)C(C)(C)C)[C@H]2COC(C)(C)O2)c(=O)[nH]c1=O. The molecule has 1 fully saturated rings. The smallest absolute Gasteiger partial charge is 0.330 e. The molecule has 0 aromatic carbocycles. The molecule has 0 unspecified atom stereocenters. The van der Waals surface area contributed by atoms with Crippen molar-refractivity contribution in [1.29, 1.82) is 0 Å². The molecule has 0 saturated carbocycles. The first kappa shape index (κ1) is 20.1. The first-order valence-corrected chi connectivity index (χ1v) is 11.5. The van der Waals surface area contributed by atoms with Gasteiger partial charge in [-0.1, -0.05) is 20.8 Å². The summed E-state index contributed by atoms with van der Waals surface area (Å²) < 4.78 is 19.6. The van der Waals surface area contributed by atoms with E-state index in [1.165, 1.54) is 10.8 Å². The second kappa shape index (κ2) is 6.50. The maximum Gasteiger partial charge on any atom is 0.330 e. The van der Waals surface area contributed by atoms with E-state index >= 15 is 0 Å². The van der Waals surface area contributed by atoms with Gasteiger partial charge in [0.25, 0.3) is 5.56 Å². The van der Waals surface area contributed by atoms with Crippen LogP contribution in [0.3, 0.4) is 0 Å². The van der Waals surface area contributed by atoms with Gasteiger partial charge in [0.2, 0.25) is 0 Å². The third kappa shape index (κ3) is 4.31. The Morgan fingerprint density at radius 1 is 1.36 bits per heavy atom. The van der Waals surface area contributed by atoms with Crippen molar-refractivity contribution < 1.29 is 13.9 Å². The van der Waals surface area contributed by atoms with Gasteiger partial charge in [-0.05, 0) is 38.9 Å². The lowest BCUT2D eigenvalue weighted by molar-refractivity contribution is -0.157. The molecule has 0 bridgehead atoms. The Morgan fingerprint density at radius 3 is 2.44 bits per heavy atom. The molecule has 1 aromatic rings. The fourth-order valence-electron chi connectivity index (χ4n) is 2.42. The maximum absolute atomic E-state index is 12.4. The van der Waals surface area contributed by atoms with Gasteiger partial charge in [-0.25, -0.2) is 4.79 Å². The summed E-state index contributed by atoms with van der Waals surface area (Å²) in [7, 11) is -2.21. The molecule has 0 radical (unpaired) electrons. The second-order valence-corrected chi connectivity index (χ2v) is 13.4. The number of aryl methyl sites for hydroxylation is 1. The summed E-state index contributed by atoms with van der Waals surface area (Å²) in [6, 6.07) is 0. The Hall–Kier alpha value is -1.22. The minimum absolute atomic E-state index is 0.0406. The number of hydrogen-bond acceptors (Lipinski definition) is 5. The average molecular weight is 371 g/mol. The molecule has 0 amide bonds. The first-order chi connectivity index (χ1) is 11.2. The molecular weight excluding hydrogens is 340 g/mol. The predicted octanol–water partition coefficient (Wildman–Crippen LogP) is 2.52. The summed E-state index contributed by atoms with van der Waals surface area (Å²) in [6.07, 6.45) is 0.436. The molecule has 8 heteroatoms. The van der Waals surface area contributed by atoms with Gasteiger partial charge in [0.05, 0.1) is 6.61 Å². The van der Waals surface area contributed by atoms with Gasteiger partial charge in [-0.15, -0.1) is 0 Å². The number of rotatable bonds is 4. The highest BCUT2D eigenvalue weighted by Gasteiger charge is 2.45. The highest BCUT2D eigenvalue weighted by molar-refractivity contribution is 6.74. The molecular formula is C17H30N2O5Si. The fraction of sp³-hybridized carbons (Fsp3) is 0.765. The zero-order chi connectivity index (χ0) is 19.2. The first-order valence-electron chi connectivity index (χ1n) is 8.55. The van der Waals surface area contributed by atoms with Crippen molar-refractivity contribution in [3.05, 3.63) is 32.6 Å². The molecule has 1 aliphatic rings. The summed E-state index contributed by atoms with van der Waals surface area (Å²) in [6.45, 7) is 16.3. The highest BCUT2D eigenvalue weighted by Crippen LogP contribution is 2.40. The highest BCUT2D eigenvalue weighted by atomic mass is 28.4. The minimum atomic E-state index is -2.21. The van der Waals surface area contributed by atoms with E-state index in [0.29, 0.717) is 12.2 Å². The predicted molar refractivity (Wildman–Crippen MR) is 98.3 cm³/mol. The standard InChI is InChI=1S/C17H30N2O5Si/c1-11-9-19(15(21)18-13(11)20)14(12-10-22-17(5,6)23-12)24-25(7,8)16(2,3)4/h9,12,14H,10H2,1-8H3,(H,18,20,21)/t12-,14+/m1/s1. The normalized spacial score (nSPS) is 22.2. The molecule has 25 heavy (non-hydrogen) atoms. The molecule has 0 aliphatic carbocycles. The summed E-state index contributed by atoms with van der Waals surface area (Å²) >= 11 is 0. The van der Waals surface area contributed by atoms with E-state index in [1.807, 2.05) is 13.8 Å². The van der Waals surface area contributed by atoms with Crippen LogP contribution in [0, 0.1) is 6.92 Å². The third-order valence-corrected chi connectivity index (χ3v) is 9.43. The number of hydrogen-bond donors (Lipinski definition) is 1. The van der Waals surface area contributed by atoms with E-state index in [-0.39, 0.29) is 5.04 Å². The Kier molecular flexibility index (Phi) is 5.22. The zero-order valence-electron chi connectivity index (χ0n) is 16.4. The van der Waals surface area contributed by atoms with E-state index < -0.39 is 37.7 Å². The van der Waals surface area contributed by atoms with E-state index in [4.69, 9.17) is 13.9 Å². The van der Waals surface area contributed by atoms with Crippen molar-refractivity contribution in [3.8, 4) is 0 Å². The number of aromatic amines is 1. The monoisotopic (exact) mass is 370 g/mol. The number of ether oxygens (including phenoxy) is 2. The average Bonchev–Trinajstić information content (AvgIpc) is 2.79. The largest absolute Gasteiger partial charge is 0.395 e. The van der Waals surface area contributed by atoms with Crippen LogP contribution in [0.2, 0.25) is 18.1 Å². The minimum Gasteiger partial charge on any atom is -0.395 e. The van der Waals surface area contributed by atoms with Crippen LogP contribution in [0.25, 0.3) is 0 Å². The summed E-state index contributed by atoms with van der Waals surface area (Å²) in [5.41, 5.74) is -0.453. The number of nitrogens with one attached hydrogen (secondary N) is 1. The van der Waals surface area contributed by atoms with Gasteiger partial charge in [-0.3, -0.25) is 14.3 Å². The van der Waals surface area contributed by atoms with Crippen molar-refractivity contribution in [2.45, 2.75) is 77.8 Å². The Balaban J connectivity index is 2.49. The van der Waals surface area contributed by atoms with Crippen LogP contribution in [-0.2, 0) is 13.9 Å². The Morgan fingerprint density at radius 2 is 1.96 bits per heavy atom. The summed E-state index contributed by atoms with van der Waals surface area (Å²) in [5, 5.41) is -0.0406. The molecule has 1 aromatic heterocycles. The topological polar surface area (TPSA) is 82.6 Å². The summed E-state index contributed by atoms with van der Waals surface area (Å²) in [5.74, 6) is -0.736. The molecule has 142 valence electrons. The van der Waals surface area contributed by atoms with E-state index in [1.54, 1.807) is 6.92 Å². The molecule has 1 saturated heterocycles. The molecule has 2 rings (SSSR count). The van der Waals surface area contributed by atoms with Crippen LogP contribution >= 0.6 is 0 Å². The van der Waals surface area contributed by atoms with Crippen molar-refractivity contribution in [3.63, 3.8) is 0 Å². The van der Waals surface area contributed by atoms with Crippen LogP contribution in [0.4, 0.5) is 0 Å². The van der Waals surface area contributed by atoms with E-state index in [2.05, 4.69) is 38.8 Å². The van der Waals surface area contributed by atoms with Crippen LogP contribution in [0.1, 0.15) is 46.4 Å². The zero-order valence-corrected chi connectivity index (χ0v) is 17.4. The molecule has 0 spiro atoms. The van der Waals surface area contributed by atoms with Crippen LogP contribution < -0.4 is 11.2 Å². The van der Waals surface area contributed by atoms with Crippen molar-refractivity contribution in [2.24, 2.45) is 0 Å². The van der Waals surface area contributed by atoms with Gasteiger partial charge in [-0.2, -0.15) is 0 Å². The van der Waals surface area contributed by atoms with Crippen LogP contribution in [0.5, 0.6) is 0 Å². The molecule has 1 aliphatic heterocycles. The van der Waals surface area contributed by atoms with Gasteiger partial charge in [0.1, 0.15) is 6.10 Å². The van der Waals surface area contributed by atoms with E-state index in [9.17, 15) is 9.59 Å². The van der Waals surface area contributed by atoms with Crippen molar-refractivity contribution in [1.82, 2.24) is 9.55 Å². The fourth-order valence-corrected chi connectivity index (χ4v) is 3.64. The van der Waals surface area contributed by atoms with Crippen LogP contribution in [-0.4, -0.2) is 36.4 Å². The van der Waals surface area contributed by atoms with Crippen molar-refractivity contribution >= 4 is 8.32 Å². The van der Waals surface area contributed by atoms with Gasteiger partial charge in [0.15, 0.2) is 20.3 Å². The quantitative estimate of drug-likeness (QED) is 0.824. The maximum atomic E-state index is 12.4. The lowest BCUT2D eigenvalue weighted by Gasteiger charge is -2.40. The van der Waals surface area contributed by atoms with E-state index in [0.717, 1.165) is 0 Å². The Labute approximate surface area is 149 Å². The van der Waals surface area contributed by atoms with Gasteiger partial charge in [0, 0.05) is 11.8 Å². The number of nitrogens with zero attached hydrogens (tertiary/aromatic N) is 1. The lowest BCUT2D eigenvalue weighted by atomic mass is 10.2. The Bertz CT molecular complexity index is 745. The van der Waals surface area contributed by atoms with Crippen LogP contribution in [0.15, 0.2) is 15.8 Å². The molecule has 1 N–H and O–H groups in total. The molecule has 7 nitrogen and oxygen atoms in total. The molecule has 2 heterocycles. The van der Waals surface area contributed by atoms with Gasteiger partial charge >= 0.3 is 5.69 Å². The molecule has 2 atom stereocenters. The number of aromatic nitrogens is 2. The number of H-pyrrole nitrogens is 1. The summed E-state index contributed by atoms with van der Waals surface area (Å²) in [4.78, 5) is 26.5. The second-order valence-electron chi connectivity index (χ2n) is 8.61. The van der Waals surface area contributed by atoms with Gasteiger partial charge < -0.3 is 13.9 Å². The lowest BCUT2D eigenvalue weighted by Crippen LogP contribution is -2.48. The van der Waals surface area contributed by atoms with Crippen molar-refractivity contribution in [2.75, 3.05) is 6.61 Å². The third-order valence-electron chi connectivity index (χ3n) is 4.99.